The van der Waals surface area contributed by atoms with Crippen molar-refractivity contribution in [3.8, 4) is 0 Å². The van der Waals surface area contributed by atoms with Gasteiger partial charge in [0, 0.05) is 36.5 Å². The third-order valence-electron chi connectivity index (χ3n) is 12.4. The number of fused-ring (bicyclic) bond motifs is 2. The monoisotopic (exact) mass is 792 g/mol. The van der Waals surface area contributed by atoms with Crippen molar-refractivity contribution in [3.63, 3.8) is 0 Å². The zero-order valence-electron chi connectivity index (χ0n) is 31.4. The van der Waals surface area contributed by atoms with Crippen LogP contribution in [0.2, 0.25) is 0 Å². The standard InChI is InChI=1S/C38H61BrN6O7/c1-37(2,3)52-36(50)40-29-14-9-7-5-6-8-12-25-21-38(25,35(48)49)41-33(46)30-20-27(22-44(30)34(29)47)45-42-31(23-15-17-28(51-4)18-16-23)32(43-45)24-11-10-13-26(39)19-24/h8,12,23-32,42-43H,5-7,9-11,13-22H2,1-4H3,(H,40,50)(H,41,46)(H,48,49)/b12-8-/t23?,24?,25-,26?,27+,28?,29-,30+,31?,32?,38+/m1/s1. The molecule has 4 unspecified atom stereocenters. The normalized spacial score (nSPS) is 40.1. The van der Waals surface area contributed by atoms with Crippen LogP contribution >= 0.6 is 15.9 Å². The van der Waals surface area contributed by atoms with E-state index in [1.165, 1.54) is 12.8 Å². The van der Waals surface area contributed by atoms with Gasteiger partial charge in [-0.25, -0.2) is 20.4 Å². The van der Waals surface area contributed by atoms with Gasteiger partial charge in [0.15, 0.2) is 0 Å². The lowest BCUT2D eigenvalue weighted by molar-refractivity contribution is -0.145. The molecule has 3 heterocycles. The Balaban J connectivity index is 1.26. The smallest absolute Gasteiger partial charge is 0.408 e. The number of hydrazine groups is 2. The van der Waals surface area contributed by atoms with Crippen molar-refractivity contribution in [2.75, 3.05) is 13.7 Å². The second-order valence-corrected chi connectivity index (χ2v) is 18.5. The highest BCUT2D eigenvalue weighted by molar-refractivity contribution is 9.09. The summed E-state index contributed by atoms with van der Waals surface area (Å²) in [5.41, 5.74) is 5.57. The lowest BCUT2D eigenvalue weighted by Crippen LogP contribution is -2.56. The van der Waals surface area contributed by atoms with Gasteiger partial charge in [-0.05, 0) is 110 Å². The second-order valence-electron chi connectivity index (χ2n) is 17.2. The summed E-state index contributed by atoms with van der Waals surface area (Å²) in [7, 11) is 1.80. The van der Waals surface area contributed by atoms with Crippen molar-refractivity contribution in [1.82, 2.24) is 31.5 Å². The van der Waals surface area contributed by atoms with Gasteiger partial charge in [0.2, 0.25) is 11.8 Å². The van der Waals surface area contributed by atoms with Gasteiger partial charge in [0.25, 0.3) is 0 Å². The second kappa shape index (κ2) is 16.6. The Hall–Kier alpha value is -2.26. The Morgan fingerprint density at radius 1 is 0.962 bits per heavy atom. The fourth-order valence-corrected chi connectivity index (χ4v) is 10.2. The van der Waals surface area contributed by atoms with E-state index in [0.717, 1.165) is 57.8 Å². The maximum Gasteiger partial charge on any atom is 0.408 e. The lowest BCUT2D eigenvalue weighted by atomic mass is 9.74. The molecule has 0 aromatic carbocycles. The van der Waals surface area contributed by atoms with Gasteiger partial charge in [-0.1, -0.05) is 47.3 Å². The van der Waals surface area contributed by atoms with E-state index in [1.807, 2.05) is 12.2 Å². The molecule has 6 aliphatic rings. The summed E-state index contributed by atoms with van der Waals surface area (Å²) >= 11 is 3.91. The molecule has 3 aliphatic carbocycles. The molecule has 3 saturated carbocycles. The van der Waals surface area contributed by atoms with Crippen LogP contribution in [0.15, 0.2) is 12.2 Å². The Morgan fingerprint density at radius 3 is 2.37 bits per heavy atom. The zero-order chi connectivity index (χ0) is 37.2. The van der Waals surface area contributed by atoms with E-state index in [0.29, 0.717) is 48.5 Å². The molecule has 5 N–H and O–H groups in total. The number of allylic oxidation sites excluding steroid dienone is 1. The van der Waals surface area contributed by atoms with Crippen molar-refractivity contribution in [2.24, 2.45) is 17.8 Å². The van der Waals surface area contributed by atoms with Crippen molar-refractivity contribution in [1.29, 1.82) is 0 Å². The van der Waals surface area contributed by atoms with Crippen molar-refractivity contribution >= 4 is 39.8 Å². The summed E-state index contributed by atoms with van der Waals surface area (Å²) in [6.07, 6.45) is 16.5. The lowest BCUT2D eigenvalue weighted by Gasteiger charge is -2.38. The minimum atomic E-state index is -1.39. The highest BCUT2D eigenvalue weighted by Gasteiger charge is 2.61. The van der Waals surface area contributed by atoms with Crippen LogP contribution in [0.5, 0.6) is 0 Å². The van der Waals surface area contributed by atoms with Crippen LogP contribution in [-0.2, 0) is 23.9 Å². The summed E-state index contributed by atoms with van der Waals surface area (Å²) in [6.45, 7) is 5.57. The molecule has 14 heteroatoms. The largest absolute Gasteiger partial charge is 0.479 e. The molecule has 0 radical (unpaired) electrons. The molecular weight excluding hydrogens is 732 g/mol. The summed E-state index contributed by atoms with van der Waals surface area (Å²) in [5.74, 6) is -1.26. The third kappa shape index (κ3) is 9.15. The van der Waals surface area contributed by atoms with Gasteiger partial charge in [0.05, 0.1) is 12.1 Å². The van der Waals surface area contributed by atoms with E-state index in [-0.39, 0.29) is 36.5 Å². The van der Waals surface area contributed by atoms with Crippen LogP contribution in [-0.4, -0.2) is 105 Å². The van der Waals surface area contributed by atoms with Crippen LogP contribution in [0.4, 0.5) is 4.79 Å². The van der Waals surface area contributed by atoms with Gasteiger partial charge < -0.3 is 30.1 Å². The molecule has 0 spiro atoms. The number of halogens is 1. The molecule has 2 saturated heterocycles. The number of carboxylic acids is 1. The molecule has 3 amide bonds. The highest BCUT2D eigenvalue weighted by atomic mass is 79.9. The first-order valence-corrected chi connectivity index (χ1v) is 20.7. The average Bonchev–Trinajstić information content (AvgIpc) is 3.40. The number of nitrogens with one attached hydrogen (secondary N) is 4. The van der Waals surface area contributed by atoms with Crippen LogP contribution in [0, 0.1) is 17.8 Å². The minimum absolute atomic E-state index is 0.194. The maximum atomic E-state index is 14.6. The van der Waals surface area contributed by atoms with Crippen LogP contribution in [0.1, 0.15) is 117 Å². The fraction of sp³-hybridized carbons (Fsp3) is 0.842. The summed E-state index contributed by atoms with van der Waals surface area (Å²) in [4.78, 5) is 56.5. The number of ether oxygens (including phenoxy) is 2. The molecule has 292 valence electrons. The molecule has 6 rings (SSSR count). The number of aliphatic carboxylic acids is 1. The van der Waals surface area contributed by atoms with Crippen molar-refractivity contribution in [2.45, 2.75) is 169 Å². The Labute approximate surface area is 317 Å². The number of carbonyl (C=O) groups is 4. The molecule has 9 atom stereocenters. The van der Waals surface area contributed by atoms with E-state index in [1.54, 1.807) is 32.8 Å². The topological polar surface area (TPSA) is 162 Å². The van der Waals surface area contributed by atoms with Gasteiger partial charge in [-0.15, -0.1) is 0 Å². The Kier molecular flexibility index (Phi) is 12.6. The molecule has 52 heavy (non-hydrogen) atoms. The molecular formula is C38H61BrN6O7. The Bertz CT molecular complexity index is 1340. The number of hydrogen-bond acceptors (Lipinski definition) is 9. The summed E-state index contributed by atoms with van der Waals surface area (Å²) in [6, 6.07) is -1.67. The van der Waals surface area contributed by atoms with Crippen LogP contribution in [0.25, 0.3) is 0 Å². The predicted octanol–water partition coefficient (Wildman–Crippen LogP) is 4.55. The van der Waals surface area contributed by atoms with E-state index in [4.69, 9.17) is 9.47 Å². The number of alkyl carbamates (subject to hydrolysis) is 1. The molecule has 13 nitrogen and oxygen atoms in total. The molecule has 0 aromatic rings. The predicted molar refractivity (Wildman–Crippen MR) is 199 cm³/mol. The van der Waals surface area contributed by atoms with E-state index < -0.39 is 41.2 Å². The van der Waals surface area contributed by atoms with Crippen molar-refractivity contribution in [3.05, 3.63) is 12.2 Å². The van der Waals surface area contributed by atoms with Gasteiger partial charge in [-0.2, -0.15) is 5.12 Å². The number of rotatable bonds is 6. The van der Waals surface area contributed by atoms with Gasteiger partial charge >= 0.3 is 12.1 Å². The quantitative estimate of drug-likeness (QED) is 0.191. The third-order valence-corrected chi connectivity index (χ3v) is 13.2. The summed E-state index contributed by atoms with van der Waals surface area (Å²) in [5, 5.41) is 18.1. The van der Waals surface area contributed by atoms with Gasteiger partial charge in [0.1, 0.15) is 23.2 Å². The number of amides is 3. The Morgan fingerprint density at radius 2 is 1.69 bits per heavy atom. The van der Waals surface area contributed by atoms with Crippen molar-refractivity contribution < 1.29 is 33.8 Å². The first kappa shape index (κ1) is 39.4. The number of carbonyl (C=O) groups excluding carboxylic acids is 3. The average molecular weight is 794 g/mol. The minimum Gasteiger partial charge on any atom is -0.479 e. The first-order valence-electron chi connectivity index (χ1n) is 19.8. The highest BCUT2D eigenvalue weighted by Crippen LogP contribution is 2.46. The number of carboxylic acid groups (broad SMARTS) is 1. The van der Waals surface area contributed by atoms with Crippen LogP contribution in [0.3, 0.4) is 0 Å². The van der Waals surface area contributed by atoms with E-state index in [2.05, 4.69) is 42.5 Å². The number of hydrogen-bond donors (Lipinski definition) is 5. The number of alkyl halides is 1. The van der Waals surface area contributed by atoms with E-state index >= 15 is 0 Å². The molecule has 0 aromatic heterocycles. The van der Waals surface area contributed by atoms with E-state index in [9.17, 15) is 24.3 Å². The SMILES string of the molecule is COC1CCC(C2NN([C@H]3C[C@H]4C(=O)N[C@@]5(C(=O)O)C[C@H]5/C=C\CCCCC[C@@H](NC(=O)OC(C)(C)C)C(=O)N4C3)NC2C2CCCC(Br)C2)CC1. The summed E-state index contributed by atoms with van der Waals surface area (Å²) < 4.78 is 11.3. The molecule has 3 aliphatic heterocycles. The number of methoxy groups -OCH3 is 1. The number of nitrogens with zero attached hydrogens (tertiary/aromatic N) is 2. The van der Waals surface area contributed by atoms with Gasteiger partial charge in [-0.3, -0.25) is 9.59 Å². The fourth-order valence-electron chi connectivity index (χ4n) is 9.42. The first-order chi connectivity index (χ1) is 24.8. The molecule has 5 fully saturated rings. The molecule has 0 bridgehead atoms. The van der Waals surface area contributed by atoms with Crippen LogP contribution < -0.4 is 21.5 Å². The zero-order valence-corrected chi connectivity index (χ0v) is 33.0. The maximum absolute atomic E-state index is 14.6.